The Balaban J connectivity index is 2.20. The highest BCUT2D eigenvalue weighted by Crippen LogP contribution is 2.37. The quantitative estimate of drug-likeness (QED) is 0.746. The van der Waals surface area contributed by atoms with Gasteiger partial charge in [-0.2, -0.15) is 0 Å². The fourth-order valence-corrected chi connectivity index (χ4v) is 2.48. The van der Waals surface area contributed by atoms with Gasteiger partial charge in [0.1, 0.15) is 5.69 Å². The summed E-state index contributed by atoms with van der Waals surface area (Å²) in [6.45, 7) is 0. The largest absolute Gasteiger partial charge is 0.367 e. The zero-order valence-electron chi connectivity index (χ0n) is 8.96. The van der Waals surface area contributed by atoms with Gasteiger partial charge < -0.3 is 10.3 Å². The van der Waals surface area contributed by atoms with Crippen LogP contribution < -0.4 is 5.73 Å². The van der Waals surface area contributed by atoms with Crippen molar-refractivity contribution in [3.05, 3.63) is 47.8 Å². The van der Waals surface area contributed by atoms with E-state index in [-0.39, 0.29) is 0 Å². The van der Waals surface area contributed by atoms with E-state index >= 15 is 0 Å². The average Bonchev–Trinajstić information content (AvgIpc) is 2.98. The second-order valence-electron chi connectivity index (χ2n) is 3.61. The van der Waals surface area contributed by atoms with Crippen LogP contribution in [-0.2, 0) is 0 Å². The van der Waals surface area contributed by atoms with Crippen molar-refractivity contribution in [3.8, 4) is 21.7 Å². The van der Waals surface area contributed by atoms with Crippen LogP contribution >= 0.6 is 11.3 Å². The number of thiophene rings is 1. The van der Waals surface area contributed by atoms with Crippen LogP contribution in [0, 0.1) is 0 Å². The summed E-state index contributed by atoms with van der Waals surface area (Å²) in [5.41, 5.74) is 8.56. The zero-order valence-corrected chi connectivity index (χ0v) is 9.78. The van der Waals surface area contributed by atoms with Gasteiger partial charge in [-0.05, 0) is 17.0 Å². The van der Waals surface area contributed by atoms with Crippen molar-refractivity contribution in [2.75, 3.05) is 5.73 Å². The number of nitrogen functional groups attached to an aromatic ring is 1. The van der Waals surface area contributed by atoms with Crippen molar-refractivity contribution in [1.82, 2.24) is 5.16 Å². The molecule has 2 heterocycles. The second kappa shape index (κ2) is 4.07. The van der Waals surface area contributed by atoms with Gasteiger partial charge in [0.05, 0.1) is 10.4 Å². The van der Waals surface area contributed by atoms with Crippen LogP contribution in [0.15, 0.2) is 52.4 Å². The maximum Gasteiger partial charge on any atom is 0.230 e. The SMILES string of the molecule is Nc1onc(-c2cccs2)c1-c1ccccc1. The number of nitrogens with two attached hydrogens (primary N) is 1. The Morgan fingerprint density at radius 2 is 1.88 bits per heavy atom. The summed E-state index contributed by atoms with van der Waals surface area (Å²) in [6, 6.07) is 13.9. The molecule has 0 aliphatic heterocycles. The molecule has 0 saturated heterocycles. The fraction of sp³-hybridized carbons (Fsp3) is 0. The Kier molecular flexibility index (Phi) is 2.42. The van der Waals surface area contributed by atoms with Crippen molar-refractivity contribution in [2.45, 2.75) is 0 Å². The summed E-state index contributed by atoms with van der Waals surface area (Å²) in [7, 11) is 0. The maximum atomic E-state index is 5.85. The number of hydrogen-bond donors (Lipinski definition) is 1. The third-order valence-corrected chi connectivity index (χ3v) is 3.41. The van der Waals surface area contributed by atoms with Gasteiger partial charge in [0.15, 0.2) is 0 Å². The first-order valence-electron chi connectivity index (χ1n) is 5.20. The van der Waals surface area contributed by atoms with E-state index in [1.807, 2.05) is 47.8 Å². The molecule has 0 aliphatic rings. The lowest BCUT2D eigenvalue weighted by Gasteiger charge is -2.00. The number of rotatable bonds is 2. The molecule has 17 heavy (non-hydrogen) atoms. The molecular weight excluding hydrogens is 232 g/mol. The van der Waals surface area contributed by atoms with E-state index in [0.29, 0.717) is 5.88 Å². The third kappa shape index (κ3) is 1.72. The van der Waals surface area contributed by atoms with E-state index in [1.165, 1.54) is 0 Å². The van der Waals surface area contributed by atoms with E-state index < -0.39 is 0 Å². The predicted octanol–water partition coefficient (Wildman–Crippen LogP) is 3.65. The molecule has 1 aromatic carbocycles. The predicted molar refractivity (Wildman–Crippen MR) is 69.7 cm³/mol. The summed E-state index contributed by atoms with van der Waals surface area (Å²) in [5, 5.41) is 6.05. The van der Waals surface area contributed by atoms with Crippen molar-refractivity contribution in [3.63, 3.8) is 0 Å². The first kappa shape index (κ1) is 10.1. The molecule has 0 fully saturated rings. The van der Waals surface area contributed by atoms with Gasteiger partial charge >= 0.3 is 0 Å². The molecule has 0 amide bonds. The van der Waals surface area contributed by atoms with Crippen molar-refractivity contribution in [2.24, 2.45) is 0 Å². The monoisotopic (exact) mass is 242 g/mol. The Hall–Kier alpha value is -2.07. The first-order valence-corrected chi connectivity index (χ1v) is 6.08. The fourth-order valence-electron chi connectivity index (χ4n) is 1.77. The van der Waals surface area contributed by atoms with Gasteiger partial charge in [-0.25, -0.2) is 0 Å². The molecule has 0 saturated carbocycles. The van der Waals surface area contributed by atoms with Gasteiger partial charge in [-0.15, -0.1) is 11.3 Å². The van der Waals surface area contributed by atoms with Gasteiger partial charge in [-0.1, -0.05) is 41.6 Å². The smallest absolute Gasteiger partial charge is 0.230 e. The van der Waals surface area contributed by atoms with E-state index in [2.05, 4.69) is 5.16 Å². The van der Waals surface area contributed by atoms with Gasteiger partial charge in [0.25, 0.3) is 0 Å². The molecular formula is C13H10N2OS. The highest BCUT2D eigenvalue weighted by Gasteiger charge is 2.17. The molecule has 84 valence electrons. The molecule has 0 aliphatic carbocycles. The minimum atomic E-state index is 0.361. The molecule has 0 bridgehead atoms. The molecule has 4 heteroatoms. The number of benzene rings is 1. The molecule has 3 aromatic rings. The first-order chi connectivity index (χ1) is 8.36. The lowest BCUT2D eigenvalue weighted by Crippen LogP contribution is -1.86. The van der Waals surface area contributed by atoms with Gasteiger partial charge in [-0.3, -0.25) is 0 Å². The van der Waals surface area contributed by atoms with Crippen LogP contribution in [0.4, 0.5) is 5.88 Å². The van der Waals surface area contributed by atoms with Crippen LogP contribution in [0.1, 0.15) is 0 Å². The Bertz CT molecular complexity index is 614. The second-order valence-corrected chi connectivity index (χ2v) is 4.56. The minimum absolute atomic E-state index is 0.361. The summed E-state index contributed by atoms with van der Waals surface area (Å²) in [6.07, 6.45) is 0. The van der Waals surface area contributed by atoms with E-state index in [9.17, 15) is 0 Å². The number of anilines is 1. The summed E-state index contributed by atoms with van der Waals surface area (Å²) in [5.74, 6) is 0.361. The third-order valence-electron chi connectivity index (χ3n) is 2.54. The van der Waals surface area contributed by atoms with E-state index in [0.717, 1.165) is 21.7 Å². The van der Waals surface area contributed by atoms with Crippen molar-refractivity contribution < 1.29 is 4.52 Å². The van der Waals surface area contributed by atoms with E-state index in [4.69, 9.17) is 10.3 Å². The standard InChI is InChI=1S/C13H10N2OS/c14-13-11(9-5-2-1-3-6-9)12(15-16-13)10-7-4-8-17-10/h1-8H,14H2. The molecule has 0 spiro atoms. The lowest BCUT2D eigenvalue weighted by atomic mass is 10.1. The maximum absolute atomic E-state index is 5.85. The normalized spacial score (nSPS) is 10.6. The Morgan fingerprint density at radius 1 is 1.06 bits per heavy atom. The molecule has 0 atom stereocenters. The summed E-state index contributed by atoms with van der Waals surface area (Å²) >= 11 is 1.62. The molecule has 3 nitrogen and oxygen atoms in total. The van der Waals surface area contributed by atoms with Gasteiger partial charge in [0.2, 0.25) is 5.88 Å². The number of hydrogen-bond acceptors (Lipinski definition) is 4. The number of aromatic nitrogens is 1. The van der Waals surface area contributed by atoms with Crippen LogP contribution in [0.25, 0.3) is 21.7 Å². The lowest BCUT2D eigenvalue weighted by molar-refractivity contribution is 0.439. The average molecular weight is 242 g/mol. The number of nitrogens with zero attached hydrogens (tertiary/aromatic N) is 1. The zero-order chi connectivity index (χ0) is 11.7. The van der Waals surface area contributed by atoms with Crippen molar-refractivity contribution >= 4 is 17.2 Å². The highest BCUT2D eigenvalue weighted by atomic mass is 32.1. The summed E-state index contributed by atoms with van der Waals surface area (Å²) in [4.78, 5) is 1.06. The topological polar surface area (TPSA) is 52.0 Å². The van der Waals surface area contributed by atoms with Crippen LogP contribution in [0.2, 0.25) is 0 Å². The highest BCUT2D eigenvalue weighted by molar-refractivity contribution is 7.13. The molecule has 2 aromatic heterocycles. The van der Waals surface area contributed by atoms with Gasteiger partial charge in [0, 0.05) is 0 Å². The van der Waals surface area contributed by atoms with Crippen LogP contribution in [0.3, 0.4) is 0 Å². The Labute approximate surface area is 102 Å². The van der Waals surface area contributed by atoms with Crippen LogP contribution in [-0.4, -0.2) is 5.16 Å². The molecule has 0 unspecified atom stereocenters. The molecule has 3 rings (SSSR count). The summed E-state index contributed by atoms with van der Waals surface area (Å²) < 4.78 is 5.11. The van der Waals surface area contributed by atoms with Crippen molar-refractivity contribution in [1.29, 1.82) is 0 Å². The Morgan fingerprint density at radius 3 is 2.59 bits per heavy atom. The van der Waals surface area contributed by atoms with E-state index in [1.54, 1.807) is 11.3 Å². The molecule has 2 N–H and O–H groups in total. The minimum Gasteiger partial charge on any atom is -0.367 e. The van der Waals surface area contributed by atoms with Crippen LogP contribution in [0.5, 0.6) is 0 Å². The molecule has 0 radical (unpaired) electrons.